The van der Waals surface area contributed by atoms with Crippen molar-refractivity contribution >= 4 is 11.6 Å². The van der Waals surface area contributed by atoms with Crippen LogP contribution >= 0.6 is 11.6 Å². The zero-order chi connectivity index (χ0) is 12.8. The molecule has 2 heterocycles. The summed E-state index contributed by atoms with van der Waals surface area (Å²) < 4.78 is 0. The zero-order valence-corrected chi connectivity index (χ0v) is 10.9. The number of rotatable bonds is 5. The monoisotopic (exact) mass is 262 g/mol. The second-order valence-electron chi connectivity index (χ2n) is 3.92. The van der Waals surface area contributed by atoms with Crippen LogP contribution in [0.3, 0.4) is 0 Å². The van der Waals surface area contributed by atoms with Crippen LogP contribution in [0.5, 0.6) is 0 Å². The molecule has 0 saturated carbocycles. The Balaban J connectivity index is 2.27. The fraction of sp³-hybridized carbons (Fsp3) is 0.308. The van der Waals surface area contributed by atoms with E-state index in [0.29, 0.717) is 5.02 Å². The summed E-state index contributed by atoms with van der Waals surface area (Å²) in [5.41, 5.74) is 1.76. The van der Waals surface area contributed by atoms with E-state index in [2.05, 4.69) is 27.2 Å². The van der Waals surface area contributed by atoms with Crippen molar-refractivity contribution in [1.29, 1.82) is 0 Å². The first-order valence-corrected chi connectivity index (χ1v) is 6.30. The summed E-state index contributed by atoms with van der Waals surface area (Å²) in [4.78, 5) is 12.8. The van der Waals surface area contributed by atoms with Crippen LogP contribution in [-0.2, 0) is 0 Å². The quantitative estimate of drug-likeness (QED) is 0.900. The lowest BCUT2D eigenvalue weighted by molar-refractivity contribution is 0.572. The van der Waals surface area contributed by atoms with Crippen LogP contribution in [-0.4, -0.2) is 21.5 Å². The van der Waals surface area contributed by atoms with Crippen molar-refractivity contribution < 1.29 is 0 Å². The number of nitrogens with one attached hydrogen (secondary N) is 1. The van der Waals surface area contributed by atoms with Gasteiger partial charge in [0.1, 0.15) is 0 Å². The van der Waals surface area contributed by atoms with Gasteiger partial charge in [-0.2, -0.15) is 0 Å². The van der Waals surface area contributed by atoms with E-state index in [0.717, 1.165) is 24.4 Å². The first-order chi connectivity index (χ1) is 8.81. The second-order valence-corrected chi connectivity index (χ2v) is 4.36. The van der Waals surface area contributed by atoms with Crippen LogP contribution in [0.15, 0.2) is 36.9 Å². The highest BCUT2D eigenvalue weighted by molar-refractivity contribution is 6.30. The van der Waals surface area contributed by atoms with Gasteiger partial charge in [0.25, 0.3) is 0 Å². The minimum absolute atomic E-state index is 0.0454. The van der Waals surface area contributed by atoms with Gasteiger partial charge in [0, 0.05) is 18.6 Å². The van der Waals surface area contributed by atoms with Crippen LogP contribution < -0.4 is 5.32 Å². The standard InChI is InChI=1S/C13H15ClN4/c1-2-5-17-13(12-9-15-6-7-16-12)11-4-3-10(14)8-18-11/h3-4,6-9,13,17H,2,5H2,1H3. The lowest BCUT2D eigenvalue weighted by Crippen LogP contribution is -2.25. The van der Waals surface area contributed by atoms with E-state index in [9.17, 15) is 0 Å². The van der Waals surface area contributed by atoms with Crippen LogP contribution in [0.25, 0.3) is 0 Å². The SMILES string of the molecule is CCCNC(c1ccc(Cl)cn1)c1cnccn1. The summed E-state index contributed by atoms with van der Waals surface area (Å²) in [5, 5.41) is 4.04. The third-order valence-electron chi connectivity index (χ3n) is 2.52. The van der Waals surface area contributed by atoms with Crippen LogP contribution in [0.2, 0.25) is 5.02 Å². The zero-order valence-electron chi connectivity index (χ0n) is 10.2. The van der Waals surface area contributed by atoms with Gasteiger partial charge in [-0.3, -0.25) is 15.0 Å². The van der Waals surface area contributed by atoms with Crippen molar-refractivity contribution in [3.05, 3.63) is 53.3 Å². The molecule has 18 heavy (non-hydrogen) atoms. The summed E-state index contributed by atoms with van der Waals surface area (Å²) in [6.45, 7) is 3.02. The Morgan fingerprint density at radius 2 is 2.06 bits per heavy atom. The van der Waals surface area contributed by atoms with Gasteiger partial charge in [-0.1, -0.05) is 18.5 Å². The number of pyridine rings is 1. The highest BCUT2D eigenvalue weighted by atomic mass is 35.5. The van der Waals surface area contributed by atoms with Crippen molar-refractivity contribution in [2.45, 2.75) is 19.4 Å². The van der Waals surface area contributed by atoms with Crippen LogP contribution in [0, 0.1) is 0 Å². The predicted octanol–water partition coefficient (Wildman–Crippen LogP) is 2.61. The molecule has 0 saturated heterocycles. The highest BCUT2D eigenvalue weighted by Crippen LogP contribution is 2.19. The number of nitrogens with zero attached hydrogens (tertiary/aromatic N) is 3. The minimum atomic E-state index is -0.0454. The van der Waals surface area contributed by atoms with Gasteiger partial charge in [0.2, 0.25) is 0 Å². The molecule has 4 nitrogen and oxygen atoms in total. The molecule has 2 aromatic rings. The van der Waals surface area contributed by atoms with E-state index in [1.807, 2.05) is 12.1 Å². The molecule has 0 fully saturated rings. The van der Waals surface area contributed by atoms with E-state index in [-0.39, 0.29) is 6.04 Å². The Morgan fingerprint density at radius 3 is 2.67 bits per heavy atom. The molecule has 0 bridgehead atoms. The molecule has 0 aromatic carbocycles. The Hall–Kier alpha value is -1.52. The molecule has 0 aliphatic heterocycles. The first kappa shape index (κ1) is 12.9. The Kier molecular flexibility index (Phi) is 4.61. The molecule has 2 rings (SSSR count). The molecular formula is C13H15ClN4. The third kappa shape index (κ3) is 3.24. The Morgan fingerprint density at radius 1 is 1.17 bits per heavy atom. The first-order valence-electron chi connectivity index (χ1n) is 5.92. The lowest BCUT2D eigenvalue weighted by atomic mass is 10.1. The Labute approximate surface area is 111 Å². The van der Waals surface area contributed by atoms with Gasteiger partial charge >= 0.3 is 0 Å². The van der Waals surface area contributed by atoms with Crippen molar-refractivity contribution in [2.75, 3.05) is 6.54 Å². The lowest BCUT2D eigenvalue weighted by Gasteiger charge is -2.17. The molecule has 1 unspecified atom stereocenters. The largest absolute Gasteiger partial charge is 0.304 e. The predicted molar refractivity (Wildman–Crippen MR) is 71.4 cm³/mol. The molecule has 0 aliphatic rings. The summed E-state index contributed by atoms with van der Waals surface area (Å²) in [6.07, 6.45) is 7.80. The van der Waals surface area contributed by atoms with Gasteiger partial charge in [0.05, 0.1) is 28.6 Å². The summed E-state index contributed by atoms with van der Waals surface area (Å²) >= 11 is 5.86. The number of hydrogen-bond acceptors (Lipinski definition) is 4. The molecule has 0 spiro atoms. The number of hydrogen-bond donors (Lipinski definition) is 1. The minimum Gasteiger partial charge on any atom is -0.304 e. The van der Waals surface area contributed by atoms with Gasteiger partial charge in [-0.05, 0) is 25.1 Å². The van der Waals surface area contributed by atoms with Crippen molar-refractivity contribution in [3.8, 4) is 0 Å². The Bertz CT molecular complexity index is 472. The van der Waals surface area contributed by atoms with Gasteiger partial charge < -0.3 is 5.32 Å². The van der Waals surface area contributed by atoms with Crippen molar-refractivity contribution in [2.24, 2.45) is 0 Å². The molecule has 0 amide bonds. The van der Waals surface area contributed by atoms with E-state index in [1.54, 1.807) is 24.8 Å². The van der Waals surface area contributed by atoms with Crippen LogP contribution in [0.4, 0.5) is 0 Å². The number of halogens is 1. The molecule has 0 radical (unpaired) electrons. The smallest absolute Gasteiger partial charge is 0.0940 e. The average molecular weight is 263 g/mol. The summed E-state index contributed by atoms with van der Waals surface area (Å²) in [6, 6.07) is 3.70. The molecular weight excluding hydrogens is 248 g/mol. The third-order valence-corrected chi connectivity index (χ3v) is 2.75. The molecule has 2 aromatic heterocycles. The maximum Gasteiger partial charge on any atom is 0.0940 e. The fourth-order valence-corrected chi connectivity index (χ4v) is 1.78. The van der Waals surface area contributed by atoms with Crippen molar-refractivity contribution in [3.63, 3.8) is 0 Å². The summed E-state index contributed by atoms with van der Waals surface area (Å²) in [7, 11) is 0. The molecule has 5 heteroatoms. The van der Waals surface area contributed by atoms with E-state index in [1.165, 1.54) is 0 Å². The van der Waals surface area contributed by atoms with Crippen molar-refractivity contribution in [1.82, 2.24) is 20.3 Å². The van der Waals surface area contributed by atoms with Gasteiger partial charge in [0.15, 0.2) is 0 Å². The average Bonchev–Trinajstić information content (AvgIpc) is 2.42. The molecule has 94 valence electrons. The van der Waals surface area contributed by atoms with Crippen LogP contribution in [0.1, 0.15) is 30.8 Å². The highest BCUT2D eigenvalue weighted by Gasteiger charge is 2.15. The van der Waals surface area contributed by atoms with E-state index >= 15 is 0 Å². The van der Waals surface area contributed by atoms with E-state index in [4.69, 9.17) is 11.6 Å². The van der Waals surface area contributed by atoms with Gasteiger partial charge in [-0.15, -0.1) is 0 Å². The number of aromatic nitrogens is 3. The second kappa shape index (κ2) is 6.42. The summed E-state index contributed by atoms with van der Waals surface area (Å²) in [5.74, 6) is 0. The topological polar surface area (TPSA) is 50.7 Å². The van der Waals surface area contributed by atoms with E-state index < -0.39 is 0 Å². The molecule has 0 aliphatic carbocycles. The normalized spacial score (nSPS) is 12.3. The maximum absolute atomic E-state index is 5.86. The maximum atomic E-state index is 5.86. The fourth-order valence-electron chi connectivity index (χ4n) is 1.67. The molecule has 1 N–H and O–H groups in total. The molecule has 1 atom stereocenters. The van der Waals surface area contributed by atoms with Gasteiger partial charge in [-0.25, -0.2) is 0 Å².